The number of ether oxygens (including phenoxy) is 1. The highest BCUT2D eigenvalue weighted by Crippen LogP contribution is 2.34. The number of aromatic nitrogens is 1. The lowest BCUT2D eigenvalue weighted by Gasteiger charge is -2.26. The van der Waals surface area contributed by atoms with Gasteiger partial charge in [-0.2, -0.15) is 0 Å². The standard InChI is InChI=1S/C18H15BrN2O3S/c1-10-16(21-18(24-10)15-3-2-8-25-15)17(22)20-13-6-7-23-14-5-4-11(19)9-12(13)14/h2-5,8-9,13H,6-7H2,1H3,(H,20,22). The first-order valence-electron chi connectivity index (χ1n) is 7.86. The van der Waals surface area contributed by atoms with E-state index >= 15 is 0 Å². The van der Waals surface area contributed by atoms with Gasteiger partial charge in [-0.15, -0.1) is 11.3 Å². The Hall–Kier alpha value is -2.12. The molecule has 0 spiro atoms. The number of oxazole rings is 1. The Bertz CT molecular complexity index is 921. The van der Waals surface area contributed by atoms with Gasteiger partial charge in [-0.3, -0.25) is 4.79 Å². The van der Waals surface area contributed by atoms with Crippen LogP contribution in [0.25, 0.3) is 10.8 Å². The number of carbonyl (C=O) groups is 1. The summed E-state index contributed by atoms with van der Waals surface area (Å²) in [6.07, 6.45) is 0.712. The molecule has 1 atom stereocenters. The van der Waals surface area contributed by atoms with Crippen molar-refractivity contribution in [2.45, 2.75) is 19.4 Å². The van der Waals surface area contributed by atoms with E-state index in [1.165, 1.54) is 11.3 Å². The summed E-state index contributed by atoms with van der Waals surface area (Å²) in [4.78, 5) is 18.0. The first-order valence-corrected chi connectivity index (χ1v) is 9.53. The number of thiophene rings is 1. The van der Waals surface area contributed by atoms with E-state index in [-0.39, 0.29) is 11.9 Å². The number of fused-ring (bicyclic) bond motifs is 1. The number of nitrogens with zero attached hydrogens (tertiary/aromatic N) is 1. The highest BCUT2D eigenvalue weighted by molar-refractivity contribution is 9.10. The van der Waals surface area contributed by atoms with Crippen LogP contribution in [-0.4, -0.2) is 17.5 Å². The molecule has 0 saturated carbocycles. The monoisotopic (exact) mass is 418 g/mol. The predicted octanol–water partition coefficient (Wildman–Crippen LogP) is 4.73. The molecule has 3 heterocycles. The van der Waals surface area contributed by atoms with E-state index < -0.39 is 0 Å². The molecule has 4 rings (SSSR count). The van der Waals surface area contributed by atoms with Crippen LogP contribution in [-0.2, 0) is 0 Å². The maximum absolute atomic E-state index is 12.7. The number of halogens is 1. The molecule has 1 aliphatic rings. The van der Waals surface area contributed by atoms with Crippen LogP contribution >= 0.6 is 27.3 Å². The van der Waals surface area contributed by atoms with Gasteiger partial charge in [-0.05, 0) is 36.6 Å². The molecule has 0 radical (unpaired) electrons. The molecule has 0 aliphatic carbocycles. The summed E-state index contributed by atoms with van der Waals surface area (Å²) in [6.45, 7) is 2.32. The molecule has 128 valence electrons. The second kappa shape index (κ2) is 6.65. The molecule has 1 unspecified atom stereocenters. The van der Waals surface area contributed by atoms with Gasteiger partial charge in [0.05, 0.1) is 17.5 Å². The quantitative estimate of drug-likeness (QED) is 0.667. The third kappa shape index (κ3) is 3.21. The summed E-state index contributed by atoms with van der Waals surface area (Å²) >= 11 is 5.00. The number of benzene rings is 1. The molecule has 0 saturated heterocycles. The van der Waals surface area contributed by atoms with E-state index in [9.17, 15) is 4.79 Å². The van der Waals surface area contributed by atoms with Crippen molar-refractivity contribution in [3.05, 3.63) is 57.2 Å². The number of hydrogen-bond donors (Lipinski definition) is 1. The van der Waals surface area contributed by atoms with E-state index in [1.807, 2.05) is 35.7 Å². The third-order valence-electron chi connectivity index (χ3n) is 4.06. The summed E-state index contributed by atoms with van der Waals surface area (Å²) in [7, 11) is 0. The normalized spacial score (nSPS) is 16.2. The minimum atomic E-state index is -0.234. The third-order valence-corrected chi connectivity index (χ3v) is 5.41. The van der Waals surface area contributed by atoms with E-state index in [0.29, 0.717) is 30.4 Å². The van der Waals surface area contributed by atoms with E-state index in [0.717, 1.165) is 20.7 Å². The molecule has 3 aromatic rings. The minimum absolute atomic E-state index is 0.116. The highest BCUT2D eigenvalue weighted by Gasteiger charge is 2.26. The maximum atomic E-state index is 12.7. The molecule has 1 N–H and O–H groups in total. The number of hydrogen-bond acceptors (Lipinski definition) is 5. The lowest BCUT2D eigenvalue weighted by molar-refractivity contribution is 0.0919. The molecular weight excluding hydrogens is 404 g/mol. The number of nitrogens with one attached hydrogen (secondary N) is 1. The lowest BCUT2D eigenvalue weighted by atomic mass is 10.0. The van der Waals surface area contributed by atoms with Crippen molar-refractivity contribution in [3.63, 3.8) is 0 Å². The number of amides is 1. The van der Waals surface area contributed by atoms with Gasteiger partial charge >= 0.3 is 0 Å². The molecule has 0 fully saturated rings. The van der Waals surface area contributed by atoms with Crippen LogP contribution in [0.3, 0.4) is 0 Å². The molecule has 7 heteroatoms. The zero-order valence-corrected chi connectivity index (χ0v) is 15.8. The van der Waals surface area contributed by atoms with Crippen molar-refractivity contribution in [1.82, 2.24) is 10.3 Å². The second-order valence-corrected chi connectivity index (χ2v) is 7.61. The summed E-state index contributed by atoms with van der Waals surface area (Å²) < 4.78 is 12.3. The van der Waals surface area contributed by atoms with Crippen LogP contribution in [0.15, 0.2) is 44.6 Å². The summed E-state index contributed by atoms with van der Waals surface area (Å²) in [5, 5.41) is 5.01. The van der Waals surface area contributed by atoms with Gasteiger partial charge < -0.3 is 14.5 Å². The van der Waals surface area contributed by atoms with Crippen LogP contribution in [0.2, 0.25) is 0 Å². The Balaban J connectivity index is 1.59. The zero-order valence-electron chi connectivity index (χ0n) is 13.4. The van der Waals surface area contributed by atoms with E-state index in [2.05, 4.69) is 26.2 Å². The number of carbonyl (C=O) groups excluding carboxylic acids is 1. The molecule has 5 nitrogen and oxygen atoms in total. The van der Waals surface area contributed by atoms with Crippen molar-refractivity contribution in [3.8, 4) is 16.5 Å². The molecule has 2 aromatic heterocycles. The van der Waals surface area contributed by atoms with Crippen LogP contribution < -0.4 is 10.1 Å². The molecule has 25 heavy (non-hydrogen) atoms. The van der Waals surface area contributed by atoms with Crippen molar-refractivity contribution >= 4 is 33.2 Å². The Labute approximate surface area is 157 Å². The van der Waals surface area contributed by atoms with E-state index in [4.69, 9.17) is 9.15 Å². The van der Waals surface area contributed by atoms with Gasteiger partial charge in [0.1, 0.15) is 11.5 Å². The fourth-order valence-corrected chi connectivity index (χ4v) is 3.88. The van der Waals surface area contributed by atoms with Crippen molar-refractivity contribution in [1.29, 1.82) is 0 Å². The highest BCUT2D eigenvalue weighted by atomic mass is 79.9. The van der Waals surface area contributed by atoms with E-state index in [1.54, 1.807) is 6.92 Å². The van der Waals surface area contributed by atoms with Gasteiger partial charge in [0, 0.05) is 16.5 Å². The van der Waals surface area contributed by atoms with Crippen LogP contribution in [0.4, 0.5) is 0 Å². The smallest absolute Gasteiger partial charge is 0.274 e. The van der Waals surface area contributed by atoms with Crippen LogP contribution in [0.1, 0.15) is 34.3 Å². The predicted molar refractivity (Wildman–Crippen MR) is 99.0 cm³/mol. The maximum Gasteiger partial charge on any atom is 0.274 e. The SMILES string of the molecule is Cc1oc(-c2cccs2)nc1C(=O)NC1CCOc2ccc(Br)cc21. The van der Waals surface area contributed by atoms with Crippen molar-refractivity contribution in [2.24, 2.45) is 0 Å². The molecule has 1 aromatic carbocycles. The molecule has 0 bridgehead atoms. The van der Waals surface area contributed by atoms with Crippen molar-refractivity contribution in [2.75, 3.05) is 6.61 Å². The van der Waals surface area contributed by atoms with Gasteiger partial charge in [0.15, 0.2) is 5.69 Å². The Morgan fingerprint density at radius 1 is 1.40 bits per heavy atom. The molecule has 1 aliphatic heterocycles. The van der Waals surface area contributed by atoms with Crippen LogP contribution in [0, 0.1) is 6.92 Å². The Morgan fingerprint density at radius 2 is 2.28 bits per heavy atom. The fourth-order valence-electron chi connectivity index (χ4n) is 2.85. The Kier molecular flexibility index (Phi) is 4.35. The second-order valence-electron chi connectivity index (χ2n) is 5.75. The van der Waals surface area contributed by atoms with Gasteiger partial charge in [-0.25, -0.2) is 4.98 Å². The molecular formula is C18H15BrN2O3S. The average molecular weight is 419 g/mol. The van der Waals surface area contributed by atoms with Gasteiger partial charge in [0.25, 0.3) is 5.91 Å². The van der Waals surface area contributed by atoms with Gasteiger partial charge in [0.2, 0.25) is 5.89 Å². The van der Waals surface area contributed by atoms with Crippen molar-refractivity contribution < 1.29 is 13.9 Å². The topological polar surface area (TPSA) is 64.4 Å². The lowest BCUT2D eigenvalue weighted by Crippen LogP contribution is -2.32. The minimum Gasteiger partial charge on any atom is -0.493 e. The first-order chi connectivity index (χ1) is 12.1. The van der Waals surface area contributed by atoms with Gasteiger partial charge in [-0.1, -0.05) is 22.0 Å². The fraction of sp³-hybridized carbons (Fsp3) is 0.222. The summed E-state index contributed by atoms with van der Waals surface area (Å²) in [5.41, 5.74) is 1.29. The zero-order chi connectivity index (χ0) is 17.4. The van der Waals surface area contributed by atoms with Crippen LogP contribution in [0.5, 0.6) is 5.75 Å². The Morgan fingerprint density at radius 3 is 3.08 bits per heavy atom. The molecule has 1 amide bonds. The first kappa shape index (κ1) is 16.4. The largest absolute Gasteiger partial charge is 0.493 e. The summed E-state index contributed by atoms with van der Waals surface area (Å²) in [5.74, 6) is 1.56. The summed E-state index contributed by atoms with van der Waals surface area (Å²) in [6, 6.07) is 9.55. The average Bonchev–Trinajstić information content (AvgIpc) is 3.24. The number of aryl methyl sites for hydroxylation is 1. The number of rotatable bonds is 3.